The predicted octanol–water partition coefficient (Wildman–Crippen LogP) is 4.45. The highest BCUT2D eigenvalue weighted by atomic mass is 32.2. The summed E-state index contributed by atoms with van der Waals surface area (Å²) >= 11 is 0. The van der Waals surface area contributed by atoms with Gasteiger partial charge in [-0.1, -0.05) is 61.0 Å². The van der Waals surface area contributed by atoms with E-state index in [1.165, 1.54) is 0 Å². The molecule has 0 fully saturated rings. The Bertz CT molecular complexity index is 697. The Kier molecular flexibility index (Phi) is 6.56. The molecule has 1 unspecified atom stereocenters. The van der Waals surface area contributed by atoms with Crippen LogP contribution >= 0.6 is 0 Å². The SMILES string of the molecule is C=CCCCCC(NS(=O)(=O)c1ccccc1)c1ccccc1. The van der Waals surface area contributed by atoms with E-state index in [1.54, 1.807) is 24.3 Å². The van der Waals surface area contributed by atoms with Gasteiger partial charge in [-0.15, -0.1) is 6.58 Å². The zero-order valence-corrected chi connectivity index (χ0v) is 14.0. The first kappa shape index (κ1) is 17.4. The number of sulfonamides is 1. The fraction of sp³-hybridized carbons (Fsp3) is 0.263. The van der Waals surface area contributed by atoms with E-state index >= 15 is 0 Å². The molecule has 1 atom stereocenters. The molecule has 0 saturated heterocycles. The van der Waals surface area contributed by atoms with Crippen molar-refractivity contribution in [2.45, 2.75) is 36.6 Å². The van der Waals surface area contributed by atoms with E-state index in [-0.39, 0.29) is 6.04 Å². The van der Waals surface area contributed by atoms with Gasteiger partial charge in [0.2, 0.25) is 10.0 Å². The molecule has 0 heterocycles. The second-order valence-electron chi connectivity index (χ2n) is 5.47. The molecule has 0 spiro atoms. The minimum absolute atomic E-state index is 0.216. The molecule has 0 aliphatic heterocycles. The topological polar surface area (TPSA) is 46.2 Å². The normalized spacial score (nSPS) is 12.7. The quantitative estimate of drug-likeness (QED) is 0.545. The van der Waals surface area contributed by atoms with Crippen LogP contribution in [-0.2, 0) is 10.0 Å². The van der Waals surface area contributed by atoms with Crippen LogP contribution in [-0.4, -0.2) is 8.42 Å². The summed E-state index contributed by atoms with van der Waals surface area (Å²) in [4.78, 5) is 0.298. The molecule has 3 nitrogen and oxygen atoms in total. The van der Waals surface area contributed by atoms with E-state index in [0.717, 1.165) is 31.2 Å². The Morgan fingerprint density at radius 2 is 1.57 bits per heavy atom. The number of hydrogen-bond donors (Lipinski definition) is 1. The van der Waals surface area contributed by atoms with Crippen LogP contribution in [0, 0.1) is 0 Å². The van der Waals surface area contributed by atoms with E-state index in [1.807, 2.05) is 42.5 Å². The molecular formula is C19H23NO2S. The third kappa shape index (κ3) is 5.34. The van der Waals surface area contributed by atoms with Gasteiger partial charge in [-0.25, -0.2) is 13.1 Å². The lowest BCUT2D eigenvalue weighted by Gasteiger charge is -2.19. The Labute approximate surface area is 139 Å². The van der Waals surface area contributed by atoms with Gasteiger partial charge in [0.1, 0.15) is 0 Å². The summed E-state index contributed by atoms with van der Waals surface area (Å²) in [6, 6.07) is 18.0. The average Bonchev–Trinajstić information content (AvgIpc) is 2.59. The van der Waals surface area contributed by atoms with Crippen molar-refractivity contribution in [3.05, 3.63) is 78.9 Å². The summed E-state index contributed by atoms with van der Waals surface area (Å²) in [5.41, 5.74) is 0.991. The third-order valence-electron chi connectivity index (χ3n) is 3.70. The van der Waals surface area contributed by atoms with E-state index in [0.29, 0.717) is 4.90 Å². The number of nitrogens with one attached hydrogen (secondary N) is 1. The van der Waals surface area contributed by atoms with Crippen molar-refractivity contribution in [1.82, 2.24) is 4.72 Å². The van der Waals surface area contributed by atoms with Gasteiger partial charge >= 0.3 is 0 Å². The van der Waals surface area contributed by atoms with Crippen molar-refractivity contribution in [3.63, 3.8) is 0 Å². The van der Waals surface area contributed by atoms with Crippen molar-refractivity contribution in [2.75, 3.05) is 0 Å². The van der Waals surface area contributed by atoms with Gasteiger partial charge in [-0.05, 0) is 37.0 Å². The fourth-order valence-corrected chi connectivity index (χ4v) is 3.75. The molecule has 0 aliphatic carbocycles. The summed E-state index contributed by atoms with van der Waals surface area (Å²) in [6.07, 6.45) is 5.57. The van der Waals surface area contributed by atoms with Crippen LogP contribution in [0.5, 0.6) is 0 Å². The Morgan fingerprint density at radius 3 is 2.17 bits per heavy atom. The van der Waals surface area contributed by atoms with Gasteiger partial charge in [-0.3, -0.25) is 0 Å². The first-order valence-corrected chi connectivity index (χ1v) is 9.35. The molecule has 23 heavy (non-hydrogen) atoms. The summed E-state index contributed by atoms with van der Waals surface area (Å²) in [5.74, 6) is 0. The third-order valence-corrected chi connectivity index (χ3v) is 5.19. The minimum atomic E-state index is -3.52. The second kappa shape index (κ2) is 8.65. The van der Waals surface area contributed by atoms with E-state index in [9.17, 15) is 8.42 Å². The molecule has 2 aromatic carbocycles. The Morgan fingerprint density at radius 1 is 0.957 bits per heavy atom. The van der Waals surface area contributed by atoms with Crippen LogP contribution in [0.25, 0.3) is 0 Å². The van der Waals surface area contributed by atoms with Gasteiger partial charge in [0.25, 0.3) is 0 Å². The van der Waals surface area contributed by atoms with Gasteiger partial charge in [0, 0.05) is 6.04 Å². The first-order chi connectivity index (χ1) is 11.1. The monoisotopic (exact) mass is 329 g/mol. The summed E-state index contributed by atoms with van der Waals surface area (Å²) in [5, 5.41) is 0. The molecule has 0 radical (unpaired) electrons. The standard InChI is InChI=1S/C19H23NO2S/c1-2-3-4-11-16-19(17-12-7-5-8-13-17)20-23(21,22)18-14-9-6-10-15-18/h2,5-10,12-15,19-20H,1,3-4,11,16H2. The maximum Gasteiger partial charge on any atom is 0.241 e. The minimum Gasteiger partial charge on any atom is -0.207 e. The van der Waals surface area contributed by atoms with E-state index in [4.69, 9.17) is 0 Å². The number of allylic oxidation sites excluding steroid dienone is 1. The van der Waals surface area contributed by atoms with Crippen molar-refractivity contribution in [2.24, 2.45) is 0 Å². The summed E-state index contributed by atoms with van der Waals surface area (Å²) in [7, 11) is -3.52. The maximum absolute atomic E-state index is 12.6. The average molecular weight is 329 g/mol. The van der Waals surface area contributed by atoms with Crippen LogP contribution in [0.4, 0.5) is 0 Å². The lowest BCUT2D eigenvalue weighted by atomic mass is 10.0. The highest BCUT2D eigenvalue weighted by molar-refractivity contribution is 7.89. The molecule has 2 rings (SSSR count). The number of hydrogen-bond acceptors (Lipinski definition) is 2. The highest BCUT2D eigenvalue weighted by Gasteiger charge is 2.20. The Balaban J connectivity index is 2.15. The lowest BCUT2D eigenvalue weighted by Crippen LogP contribution is -2.28. The first-order valence-electron chi connectivity index (χ1n) is 7.87. The molecule has 122 valence electrons. The number of benzene rings is 2. The fourth-order valence-electron chi connectivity index (χ4n) is 2.47. The second-order valence-corrected chi connectivity index (χ2v) is 7.18. The number of unbranched alkanes of at least 4 members (excludes halogenated alkanes) is 2. The molecule has 4 heteroatoms. The van der Waals surface area contributed by atoms with Crippen LogP contribution in [0.15, 0.2) is 78.2 Å². The summed E-state index contributed by atoms with van der Waals surface area (Å²) < 4.78 is 28.0. The summed E-state index contributed by atoms with van der Waals surface area (Å²) in [6.45, 7) is 3.72. The zero-order chi connectivity index (χ0) is 16.5. The molecular weight excluding hydrogens is 306 g/mol. The lowest BCUT2D eigenvalue weighted by molar-refractivity contribution is 0.521. The van der Waals surface area contributed by atoms with Crippen LogP contribution in [0.2, 0.25) is 0 Å². The molecule has 0 bridgehead atoms. The van der Waals surface area contributed by atoms with Crippen molar-refractivity contribution >= 4 is 10.0 Å². The van der Waals surface area contributed by atoms with Gasteiger partial charge in [0.15, 0.2) is 0 Å². The van der Waals surface area contributed by atoms with Crippen LogP contribution in [0.1, 0.15) is 37.3 Å². The maximum atomic E-state index is 12.6. The van der Waals surface area contributed by atoms with Crippen molar-refractivity contribution in [3.8, 4) is 0 Å². The van der Waals surface area contributed by atoms with Gasteiger partial charge < -0.3 is 0 Å². The van der Waals surface area contributed by atoms with Crippen LogP contribution in [0.3, 0.4) is 0 Å². The molecule has 1 N–H and O–H groups in total. The zero-order valence-electron chi connectivity index (χ0n) is 13.2. The predicted molar refractivity (Wildman–Crippen MR) is 94.6 cm³/mol. The van der Waals surface area contributed by atoms with Gasteiger partial charge in [-0.2, -0.15) is 0 Å². The Hall–Kier alpha value is -1.91. The van der Waals surface area contributed by atoms with E-state index < -0.39 is 10.0 Å². The van der Waals surface area contributed by atoms with Gasteiger partial charge in [0.05, 0.1) is 4.90 Å². The van der Waals surface area contributed by atoms with E-state index in [2.05, 4.69) is 11.3 Å². The highest BCUT2D eigenvalue weighted by Crippen LogP contribution is 2.22. The van der Waals surface area contributed by atoms with Crippen molar-refractivity contribution < 1.29 is 8.42 Å². The molecule has 0 amide bonds. The number of rotatable bonds is 9. The smallest absolute Gasteiger partial charge is 0.207 e. The molecule has 2 aromatic rings. The largest absolute Gasteiger partial charge is 0.241 e. The molecule has 0 aliphatic rings. The molecule has 0 saturated carbocycles. The van der Waals surface area contributed by atoms with Crippen molar-refractivity contribution in [1.29, 1.82) is 0 Å². The van der Waals surface area contributed by atoms with Crippen LogP contribution < -0.4 is 4.72 Å². The molecule has 0 aromatic heterocycles.